The molecule has 0 fully saturated rings. The number of amides is 1. The minimum absolute atomic E-state index is 0.0163. The summed E-state index contributed by atoms with van der Waals surface area (Å²) in [7, 11) is 3.55. The maximum absolute atomic E-state index is 13.4. The Morgan fingerprint density at radius 3 is 2.76 bits per heavy atom. The van der Waals surface area contributed by atoms with Gasteiger partial charge in [-0.15, -0.1) is 11.3 Å². The van der Waals surface area contributed by atoms with Crippen molar-refractivity contribution < 1.29 is 9.53 Å². The van der Waals surface area contributed by atoms with Crippen LogP contribution in [0.1, 0.15) is 43.8 Å². The van der Waals surface area contributed by atoms with Crippen molar-refractivity contribution >= 4 is 44.6 Å². The number of benzene rings is 1. The van der Waals surface area contributed by atoms with Gasteiger partial charge in [0.05, 0.1) is 17.6 Å². The minimum Gasteiger partial charge on any atom is -0.496 e. The lowest BCUT2D eigenvalue weighted by atomic mass is 9.92. The maximum atomic E-state index is 13.4. The molecule has 0 saturated heterocycles. The molecule has 0 radical (unpaired) electrons. The fraction of sp³-hybridized carbons (Fsp3) is 0.455. The highest BCUT2D eigenvalue weighted by Crippen LogP contribution is 2.46. The van der Waals surface area contributed by atoms with E-state index in [2.05, 4.69) is 65.2 Å². The van der Waals surface area contributed by atoms with Crippen LogP contribution in [0, 0.1) is 0 Å². The summed E-state index contributed by atoms with van der Waals surface area (Å²) in [6, 6.07) is 8.33. The Labute approximate surface area is 184 Å². The predicted octanol–water partition coefficient (Wildman–Crippen LogP) is 5.05. The Morgan fingerprint density at radius 1 is 1.38 bits per heavy atom. The number of fused-ring (bicyclic) bond motifs is 3. The molecule has 2 atom stereocenters. The van der Waals surface area contributed by atoms with E-state index >= 15 is 0 Å². The van der Waals surface area contributed by atoms with Gasteiger partial charge in [-0.05, 0) is 78.7 Å². The normalized spacial score (nSPS) is 20.8. The highest BCUT2D eigenvalue weighted by atomic mass is 79.9. The SMILES string of the molecule is COc1cc2c(cc1Br)N1C(CC2)C(C(=O)N(C)C(C)(C)C)=NC1c1cccs1. The third-order valence-electron chi connectivity index (χ3n) is 5.82. The number of hydrogen-bond acceptors (Lipinski definition) is 5. The molecule has 2 unspecified atom stereocenters. The molecule has 1 aromatic heterocycles. The monoisotopic (exact) mass is 475 g/mol. The number of carbonyl (C=O) groups excluding carboxylic acids is 1. The molecular weight excluding hydrogens is 450 g/mol. The second kappa shape index (κ2) is 7.43. The van der Waals surface area contributed by atoms with E-state index in [1.165, 1.54) is 5.56 Å². The number of carbonyl (C=O) groups is 1. The molecule has 0 bridgehead atoms. The predicted molar refractivity (Wildman–Crippen MR) is 122 cm³/mol. The van der Waals surface area contributed by atoms with Gasteiger partial charge in [-0.1, -0.05) is 6.07 Å². The summed E-state index contributed by atoms with van der Waals surface area (Å²) in [4.78, 5) is 23.7. The van der Waals surface area contributed by atoms with Crippen molar-refractivity contribution in [3.05, 3.63) is 44.6 Å². The number of anilines is 1. The molecule has 2 aromatic rings. The zero-order valence-corrected chi connectivity index (χ0v) is 19.8. The number of aliphatic imine (C=N–C) groups is 1. The topological polar surface area (TPSA) is 45.1 Å². The van der Waals surface area contributed by atoms with E-state index in [0.717, 1.165) is 33.6 Å². The molecule has 2 aliphatic heterocycles. The van der Waals surface area contributed by atoms with Gasteiger partial charge in [-0.3, -0.25) is 9.79 Å². The van der Waals surface area contributed by atoms with Crippen molar-refractivity contribution in [1.82, 2.24) is 4.90 Å². The maximum Gasteiger partial charge on any atom is 0.270 e. The number of ether oxygens (including phenoxy) is 1. The molecule has 0 N–H and O–H groups in total. The van der Waals surface area contributed by atoms with Gasteiger partial charge in [0.1, 0.15) is 11.5 Å². The first-order valence-corrected chi connectivity index (χ1v) is 11.4. The largest absolute Gasteiger partial charge is 0.496 e. The molecule has 2 aliphatic rings. The first kappa shape index (κ1) is 20.4. The van der Waals surface area contributed by atoms with Crippen LogP contribution >= 0.6 is 27.3 Å². The van der Waals surface area contributed by atoms with E-state index < -0.39 is 0 Å². The number of aryl methyl sites for hydroxylation is 1. The number of hydrogen-bond donors (Lipinski definition) is 0. The number of nitrogens with zero attached hydrogens (tertiary/aromatic N) is 3. The molecule has 3 heterocycles. The highest BCUT2D eigenvalue weighted by molar-refractivity contribution is 9.10. The molecule has 0 saturated carbocycles. The zero-order valence-electron chi connectivity index (χ0n) is 17.4. The number of halogens is 1. The number of methoxy groups -OCH3 is 1. The standard InChI is InChI=1S/C22H26BrN3O2S/c1-22(2,3)25(4)21(27)19-15-9-8-13-11-17(28-5)14(23)12-16(13)26(15)20(24-19)18-7-6-10-29-18/h6-7,10-12,15,20H,8-9H2,1-5H3. The summed E-state index contributed by atoms with van der Waals surface area (Å²) >= 11 is 5.31. The van der Waals surface area contributed by atoms with E-state index in [-0.39, 0.29) is 23.7 Å². The Hall–Kier alpha value is -1.86. The summed E-state index contributed by atoms with van der Waals surface area (Å²) in [5.41, 5.74) is 2.76. The second-order valence-electron chi connectivity index (χ2n) is 8.52. The first-order valence-electron chi connectivity index (χ1n) is 9.76. The van der Waals surface area contributed by atoms with Crippen LogP contribution in [0.25, 0.3) is 0 Å². The molecule has 1 aromatic carbocycles. The van der Waals surface area contributed by atoms with Gasteiger partial charge in [-0.25, -0.2) is 0 Å². The van der Waals surface area contributed by atoms with Crippen LogP contribution in [0.3, 0.4) is 0 Å². The molecule has 4 rings (SSSR count). The summed E-state index contributed by atoms with van der Waals surface area (Å²) in [6.07, 6.45) is 1.58. The van der Waals surface area contributed by atoms with Crippen molar-refractivity contribution in [2.45, 2.75) is 51.4 Å². The van der Waals surface area contributed by atoms with Crippen LogP contribution in [0.4, 0.5) is 5.69 Å². The average Bonchev–Trinajstić information content (AvgIpc) is 3.33. The van der Waals surface area contributed by atoms with Gasteiger partial charge in [0, 0.05) is 23.2 Å². The molecule has 5 nitrogen and oxygen atoms in total. The number of thiophene rings is 1. The Morgan fingerprint density at radius 2 is 2.14 bits per heavy atom. The highest BCUT2D eigenvalue weighted by Gasteiger charge is 2.45. The molecule has 1 amide bonds. The average molecular weight is 476 g/mol. The molecule has 154 valence electrons. The molecule has 0 aliphatic carbocycles. The van der Waals surface area contributed by atoms with E-state index in [9.17, 15) is 4.79 Å². The van der Waals surface area contributed by atoms with Gasteiger partial charge >= 0.3 is 0 Å². The van der Waals surface area contributed by atoms with Crippen molar-refractivity contribution in [2.75, 3.05) is 19.1 Å². The lowest BCUT2D eigenvalue weighted by Crippen LogP contribution is -2.51. The second-order valence-corrected chi connectivity index (χ2v) is 10.3. The van der Waals surface area contributed by atoms with Crippen LogP contribution < -0.4 is 9.64 Å². The fourth-order valence-electron chi connectivity index (χ4n) is 3.94. The summed E-state index contributed by atoms with van der Waals surface area (Å²) in [6.45, 7) is 6.15. The van der Waals surface area contributed by atoms with Gasteiger partial charge in [0.2, 0.25) is 0 Å². The molecule has 0 spiro atoms. The molecular formula is C22H26BrN3O2S. The van der Waals surface area contributed by atoms with Crippen LogP contribution in [0.2, 0.25) is 0 Å². The van der Waals surface area contributed by atoms with Gasteiger partial charge < -0.3 is 14.5 Å². The quantitative estimate of drug-likeness (QED) is 0.623. The lowest BCUT2D eigenvalue weighted by Gasteiger charge is -2.38. The fourth-order valence-corrected chi connectivity index (χ4v) is 5.20. The van der Waals surface area contributed by atoms with Gasteiger partial charge in [0.25, 0.3) is 5.91 Å². The Bertz CT molecular complexity index is 965. The van der Waals surface area contributed by atoms with Crippen molar-refractivity contribution in [1.29, 1.82) is 0 Å². The smallest absolute Gasteiger partial charge is 0.270 e. The molecule has 7 heteroatoms. The van der Waals surface area contributed by atoms with E-state index in [4.69, 9.17) is 9.73 Å². The summed E-state index contributed by atoms with van der Waals surface area (Å²) in [5, 5.41) is 2.07. The van der Waals surface area contributed by atoms with Crippen LogP contribution in [0.15, 0.2) is 39.1 Å². The lowest BCUT2D eigenvalue weighted by molar-refractivity contribution is -0.126. The Balaban J connectivity index is 1.80. The summed E-state index contributed by atoms with van der Waals surface area (Å²) in [5.74, 6) is 0.848. The van der Waals surface area contributed by atoms with Gasteiger partial charge in [-0.2, -0.15) is 0 Å². The van der Waals surface area contributed by atoms with Crippen molar-refractivity contribution in [2.24, 2.45) is 4.99 Å². The van der Waals surface area contributed by atoms with Gasteiger partial charge in [0.15, 0.2) is 6.17 Å². The molecule has 29 heavy (non-hydrogen) atoms. The van der Waals surface area contributed by atoms with Crippen molar-refractivity contribution in [3.63, 3.8) is 0 Å². The number of rotatable bonds is 3. The minimum atomic E-state index is -0.256. The first-order chi connectivity index (χ1) is 13.7. The zero-order chi connectivity index (χ0) is 20.9. The van der Waals surface area contributed by atoms with Crippen LogP contribution in [0.5, 0.6) is 5.75 Å². The van der Waals surface area contributed by atoms with E-state index in [0.29, 0.717) is 5.71 Å². The summed E-state index contributed by atoms with van der Waals surface area (Å²) < 4.78 is 6.41. The van der Waals surface area contributed by atoms with E-state index in [1.54, 1.807) is 23.3 Å². The third-order valence-corrected chi connectivity index (χ3v) is 7.35. The van der Waals surface area contributed by atoms with Crippen molar-refractivity contribution in [3.8, 4) is 5.75 Å². The van der Waals surface area contributed by atoms with E-state index in [1.807, 2.05) is 13.1 Å². The van der Waals surface area contributed by atoms with Crippen LogP contribution in [-0.2, 0) is 11.2 Å². The third kappa shape index (κ3) is 3.48. The Kier molecular flexibility index (Phi) is 5.23. The van der Waals surface area contributed by atoms with Crippen LogP contribution in [-0.4, -0.2) is 42.3 Å².